The standard InChI is InChI=1S/C18H24N4O/c1-12-13(6-5-8-19-12)10-22-9-7-15-14(11-22)16(23)21-17(20-15)18(2,3)4/h5-6,8H,7,9-11H2,1-4H3,(H,20,21,23). The van der Waals surface area contributed by atoms with Crippen LogP contribution >= 0.6 is 0 Å². The summed E-state index contributed by atoms with van der Waals surface area (Å²) in [6.45, 7) is 10.6. The fraction of sp³-hybridized carbons (Fsp3) is 0.500. The van der Waals surface area contributed by atoms with Crippen LogP contribution in [0.4, 0.5) is 0 Å². The lowest BCUT2D eigenvalue weighted by Crippen LogP contribution is -2.37. The third-order valence-corrected chi connectivity index (χ3v) is 4.37. The van der Waals surface area contributed by atoms with Gasteiger partial charge in [-0.2, -0.15) is 0 Å². The van der Waals surface area contributed by atoms with Crippen molar-refractivity contribution in [3.05, 3.63) is 57.0 Å². The summed E-state index contributed by atoms with van der Waals surface area (Å²) in [6, 6.07) is 4.06. The summed E-state index contributed by atoms with van der Waals surface area (Å²) in [5, 5.41) is 0. The average molecular weight is 312 g/mol. The summed E-state index contributed by atoms with van der Waals surface area (Å²) < 4.78 is 0. The predicted molar refractivity (Wildman–Crippen MR) is 90.3 cm³/mol. The van der Waals surface area contributed by atoms with Gasteiger partial charge in [0.25, 0.3) is 5.56 Å². The average Bonchev–Trinajstić information content (AvgIpc) is 2.49. The topological polar surface area (TPSA) is 61.9 Å². The number of fused-ring (bicyclic) bond motifs is 1. The number of nitrogens with one attached hydrogen (secondary N) is 1. The molecule has 23 heavy (non-hydrogen) atoms. The summed E-state index contributed by atoms with van der Waals surface area (Å²) in [7, 11) is 0. The highest BCUT2D eigenvalue weighted by molar-refractivity contribution is 5.24. The first-order valence-electron chi connectivity index (χ1n) is 8.10. The van der Waals surface area contributed by atoms with Crippen LogP contribution < -0.4 is 5.56 Å². The molecule has 0 saturated heterocycles. The van der Waals surface area contributed by atoms with Crippen LogP contribution in [0.2, 0.25) is 0 Å². The van der Waals surface area contributed by atoms with Crippen LogP contribution in [-0.2, 0) is 24.9 Å². The van der Waals surface area contributed by atoms with E-state index in [4.69, 9.17) is 4.98 Å². The summed E-state index contributed by atoms with van der Waals surface area (Å²) in [6.07, 6.45) is 2.63. The maximum atomic E-state index is 12.5. The van der Waals surface area contributed by atoms with Gasteiger partial charge >= 0.3 is 0 Å². The Labute approximate surface area is 136 Å². The zero-order valence-corrected chi connectivity index (χ0v) is 14.3. The van der Waals surface area contributed by atoms with Crippen molar-refractivity contribution in [3.8, 4) is 0 Å². The number of hydrogen-bond donors (Lipinski definition) is 1. The van der Waals surface area contributed by atoms with Crippen LogP contribution in [0.5, 0.6) is 0 Å². The molecule has 0 amide bonds. The molecule has 3 rings (SSSR count). The van der Waals surface area contributed by atoms with E-state index in [1.54, 1.807) is 0 Å². The highest BCUT2D eigenvalue weighted by Crippen LogP contribution is 2.21. The van der Waals surface area contributed by atoms with E-state index in [-0.39, 0.29) is 11.0 Å². The minimum absolute atomic E-state index is 0.00698. The Morgan fingerprint density at radius 2 is 2.13 bits per heavy atom. The molecule has 0 fully saturated rings. The number of pyridine rings is 1. The number of aryl methyl sites for hydroxylation is 1. The molecule has 0 aliphatic carbocycles. The molecular weight excluding hydrogens is 288 g/mol. The summed E-state index contributed by atoms with van der Waals surface area (Å²) in [4.78, 5) is 26.8. The second kappa shape index (κ2) is 5.89. The molecule has 1 aliphatic heterocycles. The molecule has 122 valence electrons. The van der Waals surface area contributed by atoms with Crippen LogP contribution in [0.15, 0.2) is 23.1 Å². The Hall–Kier alpha value is -2.01. The fourth-order valence-corrected chi connectivity index (χ4v) is 2.90. The molecule has 0 spiro atoms. The van der Waals surface area contributed by atoms with E-state index in [0.717, 1.165) is 42.3 Å². The lowest BCUT2D eigenvalue weighted by atomic mass is 9.95. The molecule has 0 radical (unpaired) electrons. The molecule has 0 aromatic carbocycles. The number of aromatic amines is 1. The van der Waals surface area contributed by atoms with Gasteiger partial charge < -0.3 is 4.98 Å². The first-order valence-corrected chi connectivity index (χ1v) is 8.10. The zero-order valence-electron chi connectivity index (χ0n) is 14.3. The van der Waals surface area contributed by atoms with Crippen LogP contribution in [0.3, 0.4) is 0 Å². The minimum Gasteiger partial charge on any atom is -0.310 e. The molecule has 3 heterocycles. The predicted octanol–water partition coefficient (Wildman–Crippen LogP) is 2.33. The van der Waals surface area contributed by atoms with Crippen molar-refractivity contribution in [1.82, 2.24) is 19.9 Å². The van der Waals surface area contributed by atoms with Crippen LogP contribution in [0.25, 0.3) is 0 Å². The van der Waals surface area contributed by atoms with Gasteiger partial charge in [-0.1, -0.05) is 26.8 Å². The summed E-state index contributed by atoms with van der Waals surface area (Å²) in [5.41, 5.74) is 3.90. The maximum Gasteiger partial charge on any atom is 0.255 e. The van der Waals surface area contributed by atoms with Crippen LogP contribution in [0, 0.1) is 6.92 Å². The molecule has 1 aliphatic rings. The lowest BCUT2D eigenvalue weighted by Gasteiger charge is -2.29. The molecule has 5 nitrogen and oxygen atoms in total. The van der Waals surface area contributed by atoms with Gasteiger partial charge in [0.2, 0.25) is 0 Å². The van der Waals surface area contributed by atoms with Crippen molar-refractivity contribution in [3.63, 3.8) is 0 Å². The molecule has 0 bridgehead atoms. The van der Waals surface area contributed by atoms with Gasteiger partial charge in [-0.25, -0.2) is 4.98 Å². The molecule has 0 atom stereocenters. The van der Waals surface area contributed by atoms with Crippen molar-refractivity contribution in [2.45, 2.75) is 52.6 Å². The van der Waals surface area contributed by atoms with E-state index >= 15 is 0 Å². The van der Waals surface area contributed by atoms with Gasteiger partial charge in [0.15, 0.2) is 0 Å². The monoisotopic (exact) mass is 312 g/mol. The second-order valence-electron chi connectivity index (χ2n) is 7.30. The van der Waals surface area contributed by atoms with Crippen LogP contribution in [0.1, 0.15) is 49.1 Å². The lowest BCUT2D eigenvalue weighted by molar-refractivity contribution is 0.240. The molecule has 2 aromatic heterocycles. The number of aromatic nitrogens is 3. The first kappa shape index (κ1) is 15.9. The van der Waals surface area contributed by atoms with Crippen molar-refractivity contribution >= 4 is 0 Å². The highest BCUT2D eigenvalue weighted by Gasteiger charge is 2.24. The molecular formula is C18H24N4O. The van der Waals surface area contributed by atoms with Crippen LogP contribution in [-0.4, -0.2) is 26.4 Å². The Kier molecular flexibility index (Phi) is 4.06. The van der Waals surface area contributed by atoms with E-state index in [2.05, 4.69) is 41.7 Å². The largest absolute Gasteiger partial charge is 0.310 e. The Morgan fingerprint density at radius 1 is 1.35 bits per heavy atom. The van der Waals surface area contributed by atoms with Gasteiger partial charge in [-0.3, -0.25) is 14.7 Å². The van der Waals surface area contributed by atoms with E-state index in [1.165, 1.54) is 5.56 Å². The number of nitrogens with zero attached hydrogens (tertiary/aromatic N) is 3. The zero-order chi connectivity index (χ0) is 16.6. The summed E-state index contributed by atoms with van der Waals surface area (Å²) >= 11 is 0. The number of rotatable bonds is 2. The molecule has 1 N–H and O–H groups in total. The Balaban J connectivity index is 1.84. The van der Waals surface area contributed by atoms with Crippen molar-refractivity contribution < 1.29 is 0 Å². The minimum atomic E-state index is -0.141. The third kappa shape index (κ3) is 3.34. The third-order valence-electron chi connectivity index (χ3n) is 4.37. The smallest absolute Gasteiger partial charge is 0.255 e. The molecule has 0 unspecified atom stereocenters. The number of hydrogen-bond acceptors (Lipinski definition) is 4. The van der Waals surface area contributed by atoms with E-state index in [1.807, 2.05) is 19.2 Å². The van der Waals surface area contributed by atoms with Gasteiger partial charge in [-0.15, -0.1) is 0 Å². The van der Waals surface area contributed by atoms with Crippen molar-refractivity contribution in [2.24, 2.45) is 0 Å². The van der Waals surface area contributed by atoms with E-state index in [0.29, 0.717) is 6.54 Å². The summed E-state index contributed by atoms with van der Waals surface area (Å²) in [5.74, 6) is 0.776. The maximum absolute atomic E-state index is 12.5. The SMILES string of the molecule is Cc1ncccc1CN1CCc2nc(C(C)(C)C)[nH]c(=O)c2C1. The molecule has 5 heteroatoms. The van der Waals surface area contributed by atoms with Gasteiger partial charge in [0.1, 0.15) is 5.82 Å². The van der Waals surface area contributed by atoms with Gasteiger partial charge in [-0.05, 0) is 18.6 Å². The second-order valence-corrected chi connectivity index (χ2v) is 7.30. The Morgan fingerprint density at radius 3 is 2.83 bits per heavy atom. The van der Waals surface area contributed by atoms with Gasteiger partial charge in [0.05, 0.1) is 11.3 Å². The molecule has 2 aromatic rings. The highest BCUT2D eigenvalue weighted by atomic mass is 16.1. The normalized spacial score (nSPS) is 15.5. The van der Waals surface area contributed by atoms with E-state index in [9.17, 15) is 4.79 Å². The van der Waals surface area contributed by atoms with E-state index < -0.39 is 0 Å². The first-order chi connectivity index (χ1) is 10.8. The fourth-order valence-electron chi connectivity index (χ4n) is 2.90. The van der Waals surface area contributed by atoms with Crippen molar-refractivity contribution in [1.29, 1.82) is 0 Å². The quantitative estimate of drug-likeness (QED) is 0.924. The Bertz CT molecular complexity index is 773. The molecule has 0 saturated carbocycles. The van der Waals surface area contributed by atoms with Gasteiger partial charge in [0, 0.05) is 43.4 Å². The van der Waals surface area contributed by atoms with Crippen molar-refractivity contribution in [2.75, 3.05) is 6.54 Å². The number of H-pyrrole nitrogens is 1.